The molecule has 1 aliphatic rings. The van der Waals surface area contributed by atoms with Crippen LogP contribution in [0.5, 0.6) is 0 Å². The molecule has 122 valence electrons. The third-order valence-corrected chi connectivity index (χ3v) is 4.71. The molecule has 1 aliphatic carbocycles. The number of hydrogen-bond donors (Lipinski definition) is 2. The molecule has 0 radical (unpaired) electrons. The predicted molar refractivity (Wildman–Crippen MR) is 93.9 cm³/mol. The van der Waals surface area contributed by atoms with Gasteiger partial charge in [0.25, 0.3) is 5.91 Å². The Balaban J connectivity index is 1.63. The summed E-state index contributed by atoms with van der Waals surface area (Å²) in [6, 6.07) is 11.5. The molecule has 4 rings (SSSR count). The van der Waals surface area contributed by atoms with Crippen LogP contribution in [0.1, 0.15) is 40.9 Å². The van der Waals surface area contributed by atoms with Crippen molar-refractivity contribution in [3.8, 4) is 0 Å². The molecule has 2 N–H and O–H groups in total. The van der Waals surface area contributed by atoms with Gasteiger partial charge in [0.15, 0.2) is 0 Å². The molecule has 0 aliphatic heterocycles. The minimum atomic E-state index is -0.344. The maximum absolute atomic E-state index is 13.0. The second-order valence-corrected chi connectivity index (χ2v) is 6.36. The van der Waals surface area contributed by atoms with Crippen LogP contribution in [0.3, 0.4) is 0 Å². The molecule has 0 unspecified atom stereocenters. The molecule has 0 fully saturated rings. The average molecular weight is 322 g/mol. The molecule has 0 saturated carbocycles. The highest BCUT2D eigenvalue weighted by Gasteiger charge is 2.15. The number of carbonyl (C=O) groups is 1. The van der Waals surface area contributed by atoms with Crippen LogP contribution >= 0.6 is 0 Å². The summed E-state index contributed by atoms with van der Waals surface area (Å²) in [6.07, 6.45) is 5.90. The topological polar surface area (TPSA) is 44.9 Å². The van der Waals surface area contributed by atoms with E-state index in [9.17, 15) is 9.18 Å². The Hall–Kier alpha value is -2.62. The zero-order valence-electron chi connectivity index (χ0n) is 13.4. The molecular formula is C20H19FN2O. The van der Waals surface area contributed by atoms with E-state index in [4.69, 9.17) is 0 Å². The largest absolute Gasteiger partial charge is 0.358 e. The van der Waals surface area contributed by atoms with Gasteiger partial charge < -0.3 is 10.3 Å². The number of benzene rings is 2. The van der Waals surface area contributed by atoms with Crippen molar-refractivity contribution in [2.75, 3.05) is 5.32 Å². The molecule has 3 aromatic rings. The Morgan fingerprint density at radius 2 is 1.79 bits per heavy atom. The van der Waals surface area contributed by atoms with Crippen LogP contribution in [0.4, 0.5) is 10.1 Å². The Kier molecular flexibility index (Phi) is 3.81. The molecule has 0 saturated heterocycles. The summed E-state index contributed by atoms with van der Waals surface area (Å²) in [5.41, 5.74) is 5.07. The molecule has 1 aromatic heterocycles. The van der Waals surface area contributed by atoms with E-state index in [1.807, 2.05) is 18.2 Å². The number of H-pyrrole nitrogens is 1. The van der Waals surface area contributed by atoms with Gasteiger partial charge in [0.1, 0.15) is 5.82 Å². The van der Waals surface area contributed by atoms with Gasteiger partial charge in [-0.05, 0) is 73.7 Å². The first-order valence-electron chi connectivity index (χ1n) is 8.41. The number of fused-ring (bicyclic) bond motifs is 3. The first-order valence-corrected chi connectivity index (χ1v) is 8.41. The number of rotatable bonds is 2. The van der Waals surface area contributed by atoms with Gasteiger partial charge in [-0.15, -0.1) is 0 Å². The Morgan fingerprint density at radius 3 is 2.62 bits per heavy atom. The highest BCUT2D eigenvalue weighted by Crippen LogP contribution is 2.30. The number of hydrogen-bond acceptors (Lipinski definition) is 1. The van der Waals surface area contributed by atoms with Crippen molar-refractivity contribution in [2.24, 2.45) is 0 Å². The summed E-state index contributed by atoms with van der Waals surface area (Å²) in [6.45, 7) is 0. The summed E-state index contributed by atoms with van der Waals surface area (Å²) in [5, 5.41) is 4.10. The van der Waals surface area contributed by atoms with Crippen LogP contribution in [0, 0.1) is 5.82 Å². The summed E-state index contributed by atoms with van der Waals surface area (Å²) in [7, 11) is 0. The zero-order valence-corrected chi connectivity index (χ0v) is 13.4. The normalized spacial score (nSPS) is 14.2. The first-order chi connectivity index (χ1) is 11.7. The molecular weight excluding hydrogens is 303 g/mol. The van der Waals surface area contributed by atoms with Gasteiger partial charge in [0, 0.05) is 27.8 Å². The van der Waals surface area contributed by atoms with Gasteiger partial charge in [-0.25, -0.2) is 4.39 Å². The van der Waals surface area contributed by atoms with Crippen LogP contribution in [0.15, 0.2) is 42.5 Å². The third kappa shape index (κ3) is 2.80. The van der Waals surface area contributed by atoms with E-state index in [-0.39, 0.29) is 11.7 Å². The minimum absolute atomic E-state index is 0.226. The molecule has 0 atom stereocenters. The lowest BCUT2D eigenvalue weighted by Gasteiger charge is -2.06. The van der Waals surface area contributed by atoms with E-state index in [1.165, 1.54) is 60.2 Å². The molecule has 1 heterocycles. The monoisotopic (exact) mass is 322 g/mol. The second kappa shape index (κ2) is 6.11. The molecule has 4 heteroatoms. The van der Waals surface area contributed by atoms with Crippen LogP contribution in [-0.4, -0.2) is 10.9 Å². The number of aromatic nitrogens is 1. The van der Waals surface area contributed by atoms with E-state index in [0.717, 1.165) is 24.0 Å². The van der Waals surface area contributed by atoms with Crippen LogP contribution < -0.4 is 5.32 Å². The van der Waals surface area contributed by atoms with Crippen molar-refractivity contribution in [2.45, 2.75) is 32.1 Å². The number of halogens is 1. The Morgan fingerprint density at radius 1 is 1.00 bits per heavy atom. The third-order valence-electron chi connectivity index (χ3n) is 4.71. The van der Waals surface area contributed by atoms with Gasteiger partial charge in [-0.2, -0.15) is 0 Å². The van der Waals surface area contributed by atoms with E-state index in [2.05, 4.69) is 10.3 Å². The van der Waals surface area contributed by atoms with Gasteiger partial charge in [0.05, 0.1) is 0 Å². The predicted octanol–water partition coefficient (Wildman–Crippen LogP) is 4.83. The fourth-order valence-electron chi connectivity index (χ4n) is 3.47. The van der Waals surface area contributed by atoms with E-state index >= 15 is 0 Å². The van der Waals surface area contributed by atoms with Gasteiger partial charge in [-0.1, -0.05) is 6.42 Å². The van der Waals surface area contributed by atoms with Crippen molar-refractivity contribution < 1.29 is 9.18 Å². The standard InChI is InChI=1S/C20H19FN2O/c21-14-8-6-13(7-9-14)20(24)22-15-10-11-19-17(12-15)16-4-2-1-3-5-18(16)23-19/h6-12,23H,1-5H2,(H,22,24). The lowest BCUT2D eigenvalue weighted by molar-refractivity contribution is 0.102. The number of aromatic amines is 1. The molecule has 24 heavy (non-hydrogen) atoms. The quantitative estimate of drug-likeness (QED) is 0.652. The zero-order chi connectivity index (χ0) is 16.5. The van der Waals surface area contributed by atoms with E-state index < -0.39 is 0 Å². The number of aryl methyl sites for hydroxylation is 2. The second-order valence-electron chi connectivity index (χ2n) is 6.36. The molecule has 0 bridgehead atoms. The molecule has 2 aromatic carbocycles. The fraction of sp³-hybridized carbons (Fsp3) is 0.250. The van der Waals surface area contributed by atoms with E-state index in [1.54, 1.807) is 0 Å². The average Bonchev–Trinajstić information content (AvgIpc) is 2.76. The van der Waals surface area contributed by atoms with Crippen molar-refractivity contribution in [3.63, 3.8) is 0 Å². The lowest BCUT2D eigenvalue weighted by Crippen LogP contribution is -2.11. The maximum atomic E-state index is 13.0. The summed E-state index contributed by atoms with van der Waals surface area (Å²) in [5.74, 6) is -0.570. The first kappa shape index (κ1) is 14.9. The van der Waals surface area contributed by atoms with Crippen molar-refractivity contribution in [1.82, 2.24) is 4.98 Å². The molecule has 1 amide bonds. The minimum Gasteiger partial charge on any atom is -0.358 e. The molecule has 0 spiro atoms. The van der Waals surface area contributed by atoms with Crippen LogP contribution in [0.2, 0.25) is 0 Å². The van der Waals surface area contributed by atoms with E-state index in [0.29, 0.717) is 5.56 Å². The maximum Gasteiger partial charge on any atom is 0.255 e. The van der Waals surface area contributed by atoms with Crippen molar-refractivity contribution in [1.29, 1.82) is 0 Å². The Bertz CT molecular complexity index is 896. The lowest BCUT2D eigenvalue weighted by atomic mass is 10.1. The number of nitrogens with one attached hydrogen (secondary N) is 2. The summed E-state index contributed by atoms with van der Waals surface area (Å²) in [4.78, 5) is 15.8. The van der Waals surface area contributed by atoms with Crippen molar-refractivity contribution in [3.05, 3.63) is 65.1 Å². The number of anilines is 1. The Labute approximate surface area is 139 Å². The summed E-state index contributed by atoms with van der Waals surface area (Å²) < 4.78 is 13.0. The number of carbonyl (C=O) groups excluding carboxylic acids is 1. The SMILES string of the molecule is O=C(Nc1ccc2[nH]c3c(c2c1)CCCCC3)c1ccc(F)cc1. The highest BCUT2D eigenvalue weighted by molar-refractivity contribution is 6.05. The van der Waals surface area contributed by atoms with Gasteiger partial charge in [0.2, 0.25) is 0 Å². The fourth-order valence-corrected chi connectivity index (χ4v) is 3.47. The van der Waals surface area contributed by atoms with Gasteiger partial charge >= 0.3 is 0 Å². The van der Waals surface area contributed by atoms with Crippen LogP contribution in [0.25, 0.3) is 10.9 Å². The summed E-state index contributed by atoms with van der Waals surface area (Å²) >= 11 is 0. The smallest absolute Gasteiger partial charge is 0.255 e. The highest BCUT2D eigenvalue weighted by atomic mass is 19.1. The van der Waals surface area contributed by atoms with Gasteiger partial charge in [-0.3, -0.25) is 4.79 Å². The number of amides is 1. The van der Waals surface area contributed by atoms with Crippen molar-refractivity contribution >= 4 is 22.5 Å². The van der Waals surface area contributed by atoms with Crippen LogP contribution in [-0.2, 0) is 12.8 Å². The molecule has 3 nitrogen and oxygen atoms in total.